The zero-order chi connectivity index (χ0) is 14.1. The van der Waals surface area contributed by atoms with Gasteiger partial charge in [-0.25, -0.2) is 5.01 Å². The smallest absolute Gasteiger partial charge is 0.292 e. The number of hydrazine groups is 1. The Hall–Kier alpha value is -0.210. The first-order valence-corrected chi connectivity index (χ1v) is 8.69. The zero-order valence-corrected chi connectivity index (χ0v) is 13.0. The van der Waals surface area contributed by atoms with E-state index in [0.29, 0.717) is 6.54 Å². The van der Waals surface area contributed by atoms with Crippen LogP contribution < -0.4 is 10.1 Å². The third kappa shape index (κ3) is 6.67. The Morgan fingerprint density at radius 1 is 1.16 bits per heavy atom. The SMILES string of the molecule is CCCNCCCN(C)S(=O)(=O)NN1CCCCC1. The first-order valence-electron chi connectivity index (χ1n) is 7.25. The summed E-state index contributed by atoms with van der Waals surface area (Å²) in [5, 5.41) is 5.08. The number of nitrogens with one attached hydrogen (secondary N) is 2. The fourth-order valence-electron chi connectivity index (χ4n) is 2.07. The van der Waals surface area contributed by atoms with Crippen molar-refractivity contribution >= 4 is 10.2 Å². The summed E-state index contributed by atoms with van der Waals surface area (Å²) >= 11 is 0. The highest BCUT2D eigenvalue weighted by molar-refractivity contribution is 7.87. The van der Waals surface area contributed by atoms with Gasteiger partial charge in [0.25, 0.3) is 10.2 Å². The van der Waals surface area contributed by atoms with E-state index in [1.165, 1.54) is 10.7 Å². The van der Waals surface area contributed by atoms with Crippen LogP contribution in [0, 0.1) is 0 Å². The molecule has 0 spiro atoms. The van der Waals surface area contributed by atoms with Crippen molar-refractivity contribution in [2.45, 2.75) is 39.0 Å². The van der Waals surface area contributed by atoms with Gasteiger partial charge >= 0.3 is 0 Å². The van der Waals surface area contributed by atoms with Crippen molar-refractivity contribution in [3.8, 4) is 0 Å². The summed E-state index contributed by atoms with van der Waals surface area (Å²) in [5.74, 6) is 0. The molecule has 114 valence electrons. The lowest BCUT2D eigenvalue weighted by atomic mass is 10.2. The number of nitrogens with zero attached hydrogens (tertiary/aromatic N) is 2. The fourth-order valence-corrected chi connectivity index (χ4v) is 3.08. The molecule has 1 saturated heterocycles. The standard InChI is InChI=1S/C12H28N4O2S/c1-3-8-13-9-7-10-15(2)19(17,18)14-16-11-5-4-6-12-16/h13-14H,3-12H2,1-2H3. The number of hydrogen-bond acceptors (Lipinski definition) is 4. The lowest BCUT2D eigenvalue weighted by molar-refractivity contribution is 0.194. The molecule has 0 aromatic heterocycles. The summed E-state index contributed by atoms with van der Waals surface area (Å²) in [4.78, 5) is 2.66. The van der Waals surface area contributed by atoms with Crippen LogP contribution in [0.4, 0.5) is 0 Å². The highest BCUT2D eigenvalue weighted by atomic mass is 32.2. The molecule has 0 bridgehead atoms. The molecule has 1 fully saturated rings. The van der Waals surface area contributed by atoms with Gasteiger partial charge in [0.05, 0.1) is 0 Å². The second kappa shape index (κ2) is 8.86. The fraction of sp³-hybridized carbons (Fsp3) is 1.00. The van der Waals surface area contributed by atoms with E-state index in [1.807, 2.05) is 5.01 Å². The maximum Gasteiger partial charge on any atom is 0.292 e. The first-order chi connectivity index (χ1) is 9.06. The molecular formula is C12H28N4O2S. The van der Waals surface area contributed by atoms with Crippen LogP contribution in [0.3, 0.4) is 0 Å². The van der Waals surface area contributed by atoms with Crippen molar-refractivity contribution in [3.63, 3.8) is 0 Å². The summed E-state index contributed by atoms with van der Waals surface area (Å²) < 4.78 is 25.5. The Kier molecular flexibility index (Phi) is 7.86. The van der Waals surface area contributed by atoms with Crippen molar-refractivity contribution in [2.75, 3.05) is 39.8 Å². The largest absolute Gasteiger partial charge is 0.317 e. The van der Waals surface area contributed by atoms with E-state index >= 15 is 0 Å². The highest BCUT2D eigenvalue weighted by Crippen LogP contribution is 2.07. The Labute approximate surface area is 117 Å². The molecule has 0 radical (unpaired) electrons. The predicted octanol–water partition coefficient (Wildman–Crippen LogP) is 0.543. The van der Waals surface area contributed by atoms with Crippen LogP contribution in [0.1, 0.15) is 39.0 Å². The van der Waals surface area contributed by atoms with Crippen LogP contribution in [0.25, 0.3) is 0 Å². The Morgan fingerprint density at radius 3 is 2.47 bits per heavy atom. The molecule has 19 heavy (non-hydrogen) atoms. The van der Waals surface area contributed by atoms with Crippen molar-refractivity contribution in [1.29, 1.82) is 0 Å². The van der Waals surface area contributed by atoms with E-state index in [0.717, 1.165) is 51.9 Å². The van der Waals surface area contributed by atoms with Crippen LogP contribution >= 0.6 is 0 Å². The van der Waals surface area contributed by atoms with Gasteiger partial charge in [0.1, 0.15) is 0 Å². The van der Waals surface area contributed by atoms with E-state index in [9.17, 15) is 8.42 Å². The van der Waals surface area contributed by atoms with Gasteiger partial charge in [0, 0.05) is 26.7 Å². The lowest BCUT2D eigenvalue weighted by Gasteiger charge is -2.28. The first kappa shape index (κ1) is 16.8. The third-order valence-electron chi connectivity index (χ3n) is 3.26. The second-order valence-electron chi connectivity index (χ2n) is 5.07. The maximum atomic E-state index is 12.1. The molecule has 6 nitrogen and oxygen atoms in total. The average Bonchev–Trinajstić information content (AvgIpc) is 2.39. The van der Waals surface area contributed by atoms with Crippen molar-refractivity contribution in [1.82, 2.24) is 19.5 Å². The summed E-state index contributed by atoms with van der Waals surface area (Å²) in [6, 6.07) is 0. The maximum absolute atomic E-state index is 12.1. The molecule has 0 aromatic carbocycles. The molecule has 1 aliphatic heterocycles. The van der Waals surface area contributed by atoms with Crippen LogP contribution in [-0.4, -0.2) is 57.5 Å². The Bertz CT molecular complexity index is 329. The minimum Gasteiger partial charge on any atom is -0.317 e. The highest BCUT2D eigenvalue weighted by Gasteiger charge is 2.21. The number of piperidine rings is 1. The van der Waals surface area contributed by atoms with Gasteiger partial charge in [-0.1, -0.05) is 13.3 Å². The summed E-state index contributed by atoms with van der Waals surface area (Å²) in [5.41, 5.74) is 0. The van der Waals surface area contributed by atoms with Crippen LogP contribution in [0.15, 0.2) is 0 Å². The summed E-state index contributed by atoms with van der Waals surface area (Å²) in [6.45, 7) is 6.13. The van der Waals surface area contributed by atoms with E-state index in [-0.39, 0.29) is 0 Å². The zero-order valence-electron chi connectivity index (χ0n) is 12.2. The molecule has 0 unspecified atom stereocenters. The molecule has 0 atom stereocenters. The van der Waals surface area contributed by atoms with E-state index < -0.39 is 10.2 Å². The second-order valence-corrected chi connectivity index (χ2v) is 6.83. The number of rotatable bonds is 9. The molecule has 1 aliphatic rings. The molecule has 1 heterocycles. The molecule has 2 N–H and O–H groups in total. The van der Waals surface area contributed by atoms with Gasteiger partial charge in [-0.05, 0) is 38.8 Å². The van der Waals surface area contributed by atoms with Crippen LogP contribution in [-0.2, 0) is 10.2 Å². The summed E-state index contributed by atoms with van der Waals surface area (Å²) in [6.07, 6.45) is 5.25. The predicted molar refractivity (Wildman–Crippen MR) is 77.9 cm³/mol. The van der Waals surface area contributed by atoms with Crippen LogP contribution in [0.2, 0.25) is 0 Å². The van der Waals surface area contributed by atoms with Crippen LogP contribution in [0.5, 0.6) is 0 Å². The molecule has 1 rings (SSSR count). The Morgan fingerprint density at radius 2 is 1.84 bits per heavy atom. The van der Waals surface area contributed by atoms with Crippen molar-refractivity contribution in [3.05, 3.63) is 0 Å². The third-order valence-corrected chi connectivity index (χ3v) is 4.76. The van der Waals surface area contributed by atoms with E-state index in [1.54, 1.807) is 7.05 Å². The normalized spacial score (nSPS) is 18.1. The van der Waals surface area contributed by atoms with Gasteiger partial charge in [0.2, 0.25) is 0 Å². The molecule has 7 heteroatoms. The van der Waals surface area contributed by atoms with Gasteiger partial charge < -0.3 is 5.32 Å². The average molecular weight is 292 g/mol. The lowest BCUT2D eigenvalue weighted by Crippen LogP contribution is -2.50. The monoisotopic (exact) mass is 292 g/mol. The molecule has 0 aliphatic carbocycles. The minimum atomic E-state index is -3.37. The number of hydrogen-bond donors (Lipinski definition) is 2. The van der Waals surface area contributed by atoms with E-state index in [2.05, 4.69) is 17.1 Å². The van der Waals surface area contributed by atoms with Gasteiger partial charge in [0.15, 0.2) is 0 Å². The molecule has 0 saturated carbocycles. The van der Waals surface area contributed by atoms with Gasteiger partial charge in [-0.3, -0.25) is 0 Å². The summed E-state index contributed by atoms with van der Waals surface area (Å²) in [7, 11) is -1.74. The van der Waals surface area contributed by atoms with Crippen molar-refractivity contribution < 1.29 is 8.42 Å². The molecule has 0 amide bonds. The van der Waals surface area contributed by atoms with Crippen molar-refractivity contribution in [2.24, 2.45) is 0 Å². The van der Waals surface area contributed by atoms with E-state index in [4.69, 9.17) is 0 Å². The topological polar surface area (TPSA) is 64.7 Å². The van der Waals surface area contributed by atoms with Gasteiger partial charge in [-0.2, -0.15) is 12.7 Å². The quantitative estimate of drug-likeness (QED) is 0.609. The minimum absolute atomic E-state index is 0.542. The Balaban J connectivity index is 2.26. The molecule has 0 aromatic rings. The molecular weight excluding hydrogens is 264 g/mol. The van der Waals surface area contributed by atoms with Gasteiger partial charge in [-0.15, -0.1) is 4.83 Å².